The first kappa shape index (κ1) is 29.4. The maximum Gasteiger partial charge on any atom is 0.503 e. The quantitative estimate of drug-likeness (QED) is 0.254. The third-order valence-electron chi connectivity index (χ3n) is 0. The minimum Gasteiger partial charge on any atom is -0.450 e. The average molecular weight is 287 g/mol. The van der Waals surface area contributed by atoms with Crippen LogP contribution in [0.15, 0.2) is 0 Å². The largest absolute Gasteiger partial charge is 0.503 e. The maximum atomic E-state index is 8.88. The SMILES string of the molecule is N.O=C(O)O.O=P(O)(O)O.[Mn].[Mn]. The summed E-state index contributed by atoms with van der Waals surface area (Å²) in [7, 11) is -4.64. The molecular weight excluding hydrogens is 279 g/mol. The summed E-state index contributed by atoms with van der Waals surface area (Å²) < 4.78 is 8.88. The molecule has 12 heavy (non-hydrogen) atoms. The third-order valence-corrected chi connectivity index (χ3v) is 0. The van der Waals surface area contributed by atoms with Crippen LogP contribution < -0.4 is 6.15 Å². The Labute approximate surface area is 88.8 Å². The molecule has 0 saturated heterocycles. The summed E-state index contributed by atoms with van der Waals surface area (Å²) in [4.78, 5) is 30.1. The van der Waals surface area contributed by atoms with Crippen LogP contribution in [0.4, 0.5) is 4.79 Å². The van der Waals surface area contributed by atoms with Crippen molar-refractivity contribution in [2.45, 2.75) is 0 Å². The van der Waals surface area contributed by atoms with E-state index >= 15 is 0 Å². The number of carboxylic acid groups (broad SMARTS) is 2. The first-order valence-electron chi connectivity index (χ1n) is 1.43. The molecule has 0 saturated carbocycles. The van der Waals surface area contributed by atoms with Gasteiger partial charge in [-0.05, 0) is 0 Å². The van der Waals surface area contributed by atoms with Crippen LogP contribution in [0.1, 0.15) is 0 Å². The topological polar surface area (TPSA) is 170 Å². The van der Waals surface area contributed by atoms with Crippen molar-refractivity contribution in [3.8, 4) is 0 Å². The third kappa shape index (κ3) is 6360. The van der Waals surface area contributed by atoms with Gasteiger partial charge in [-0.2, -0.15) is 0 Å². The number of hydrogen-bond acceptors (Lipinski definition) is 3. The molecule has 0 bridgehead atoms. The van der Waals surface area contributed by atoms with Crippen molar-refractivity contribution in [3.63, 3.8) is 0 Å². The standard InChI is InChI=1S/CH2O3.2Mn.H3N.H3O4P/c2-1(3)4;;;;1-5(2,3)4/h(H2,2,3,4);;;1H3;(H3,1,2,3,4). The van der Waals surface area contributed by atoms with E-state index in [4.69, 9.17) is 34.3 Å². The molecule has 0 spiro atoms. The number of carbonyl (C=O) groups is 1. The average Bonchev–Trinajstić information content (AvgIpc) is 1.19. The summed E-state index contributed by atoms with van der Waals surface area (Å²) in [5, 5.41) is 13.9. The number of phosphoric acid groups is 1. The van der Waals surface area contributed by atoms with Gasteiger partial charge >= 0.3 is 14.0 Å². The Morgan fingerprint density at radius 1 is 1.00 bits per heavy atom. The summed E-state index contributed by atoms with van der Waals surface area (Å²) in [6.45, 7) is 0. The molecule has 0 aromatic heterocycles. The molecular formula is CH8Mn2NO7P. The van der Waals surface area contributed by atoms with Crippen molar-refractivity contribution in [1.82, 2.24) is 6.15 Å². The molecule has 0 unspecified atom stereocenters. The van der Waals surface area contributed by atoms with Gasteiger partial charge in [0.2, 0.25) is 0 Å². The van der Waals surface area contributed by atoms with Crippen LogP contribution in [0.3, 0.4) is 0 Å². The van der Waals surface area contributed by atoms with E-state index < -0.39 is 14.0 Å². The predicted octanol–water partition coefficient (Wildman–Crippen LogP) is -0.549. The van der Waals surface area contributed by atoms with Crippen LogP contribution in [-0.4, -0.2) is 31.0 Å². The Balaban J connectivity index is -0.0000000221. The Morgan fingerprint density at radius 2 is 1.00 bits per heavy atom. The molecule has 0 rings (SSSR count). The summed E-state index contributed by atoms with van der Waals surface area (Å²) in [5.74, 6) is 0. The molecule has 0 aliphatic carbocycles. The Kier molecular flexibility index (Phi) is 34.2. The zero-order valence-corrected chi connectivity index (χ0v) is 8.72. The first-order chi connectivity index (χ1) is 3.73. The smallest absolute Gasteiger partial charge is 0.450 e. The fourth-order valence-corrected chi connectivity index (χ4v) is 0. The van der Waals surface area contributed by atoms with Crippen molar-refractivity contribution in [3.05, 3.63) is 0 Å². The van der Waals surface area contributed by atoms with Crippen molar-refractivity contribution >= 4 is 14.0 Å². The second-order valence-corrected chi connectivity index (χ2v) is 1.82. The maximum absolute atomic E-state index is 8.88. The number of hydrogen-bond donors (Lipinski definition) is 6. The van der Waals surface area contributed by atoms with Gasteiger partial charge in [0.15, 0.2) is 0 Å². The van der Waals surface area contributed by atoms with Crippen molar-refractivity contribution in [1.29, 1.82) is 0 Å². The minimum atomic E-state index is -4.64. The predicted molar refractivity (Wildman–Crippen MR) is 29.9 cm³/mol. The van der Waals surface area contributed by atoms with Crippen molar-refractivity contribution in [2.75, 3.05) is 0 Å². The molecule has 2 radical (unpaired) electrons. The minimum absolute atomic E-state index is 0. The first-order valence-corrected chi connectivity index (χ1v) is 3.00. The van der Waals surface area contributed by atoms with Crippen LogP contribution in [0.5, 0.6) is 0 Å². The molecule has 0 heterocycles. The van der Waals surface area contributed by atoms with Crippen LogP contribution in [0.25, 0.3) is 0 Å². The summed E-state index contributed by atoms with van der Waals surface area (Å²) in [6, 6.07) is 0. The zero-order valence-electron chi connectivity index (χ0n) is 5.46. The summed E-state index contributed by atoms with van der Waals surface area (Å²) >= 11 is 0. The second kappa shape index (κ2) is 13.9. The van der Waals surface area contributed by atoms with Crippen LogP contribution in [-0.2, 0) is 38.7 Å². The van der Waals surface area contributed by atoms with Crippen molar-refractivity contribution in [2.24, 2.45) is 0 Å². The van der Waals surface area contributed by atoms with E-state index in [1.54, 1.807) is 0 Å². The van der Waals surface area contributed by atoms with Crippen LogP contribution in [0, 0.1) is 0 Å². The second-order valence-electron chi connectivity index (χ2n) is 0.796. The monoisotopic (exact) mass is 287 g/mol. The molecule has 0 atom stereocenters. The molecule has 0 aromatic carbocycles. The van der Waals surface area contributed by atoms with E-state index in [1.165, 1.54) is 0 Å². The van der Waals surface area contributed by atoms with Gasteiger partial charge in [-0.15, -0.1) is 0 Å². The fraction of sp³-hybridized carbons (Fsp3) is 0. The molecule has 0 aromatic rings. The zero-order chi connectivity index (χ0) is 8.08. The summed E-state index contributed by atoms with van der Waals surface area (Å²) in [5.41, 5.74) is 0. The molecule has 0 aliphatic heterocycles. The Hall–Kier alpha value is 0.379. The van der Waals surface area contributed by atoms with E-state index in [0.29, 0.717) is 0 Å². The molecule has 8 nitrogen and oxygen atoms in total. The van der Waals surface area contributed by atoms with E-state index in [-0.39, 0.29) is 40.3 Å². The van der Waals surface area contributed by atoms with Gasteiger partial charge in [0.25, 0.3) is 0 Å². The van der Waals surface area contributed by atoms with E-state index in [0.717, 1.165) is 0 Å². The molecule has 0 aliphatic rings. The van der Waals surface area contributed by atoms with E-state index in [2.05, 4.69) is 0 Å². The molecule has 11 heteroatoms. The Bertz CT molecular complexity index is 121. The number of rotatable bonds is 0. The Morgan fingerprint density at radius 3 is 1.00 bits per heavy atom. The molecule has 0 fully saturated rings. The van der Waals surface area contributed by atoms with Crippen molar-refractivity contribution < 1.29 is 68.4 Å². The van der Waals surface area contributed by atoms with Gasteiger partial charge in [-0.3, -0.25) is 0 Å². The fourth-order valence-electron chi connectivity index (χ4n) is 0. The molecule has 0 amide bonds. The van der Waals surface area contributed by atoms with Gasteiger partial charge < -0.3 is 31.0 Å². The van der Waals surface area contributed by atoms with Gasteiger partial charge in [0, 0.05) is 34.1 Å². The normalized spacial score (nSPS) is 6.92. The molecule has 8 N–H and O–H groups in total. The van der Waals surface area contributed by atoms with Crippen LogP contribution in [0.2, 0.25) is 0 Å². The van der Waals surface area contributed by atoms with E-state index in [1.807, 2.05) is 0 Å². The van der Waals surface area contributed by atoms with Gasteiger partial charge in [0.1, 0.15) is 0 Å². The van der Waals surface area contributed by atoms with Gasteiger partial charge in [-0.25, -0.2) is 9.36 Å². The van der Waals surface area contributed by atoms with Gasteiger partial charge in [-0.1, -0.05) is 0 Å². The van der Waals surface area contributed by atoms with E-state index in [9.17, 15) is 0 Å². The van der Waals surface area contributed by atoms with Crippen LogP contribution >= 0.6 is 7.82 Å². The van der Waals surface area contributed by atoms with Gasteiger partial charge in [0.05, 0.1) is 0 Å². The summed E-state index contributed by atoms with van der Waals surface area (Å²) in [6.07, 6.45) is -1.83. The molecule has 78 valence electrons.